The van der Waals surface area contributed by atoms with Gasteiger partial charge >= 0.3 is 5.97 Å². The van der Waals surface area contributed by atoms with E-state index < -0.39 is 33.8 Å². The van der Waals surface area contributed by atoms with Crippen LogP contribution in [0.15, 0.2) is 23.1 Å². The standard InChI is InChI=1S/C12H16FNO4S/c1-7-4-5-10(13)6-11(7)19(17,18)14-9(3)8(2)12(15)16/h4-6,8-9,14H,1-3H3,(H,15,16). The van der Waals surface area contributed by atoms with Crippen molar-refractivity contribution in [2.75, 3.05) is 0 Å². The fourth-order valence-electron chi connectivity index (χ4n) is 1.49. The van der Waals surface area contributed by atoms with Crippen molar-refractivity contribution in [1.82, 2.24) is 4.72 Å². The molecule has 0 saturated heterocycles. The number of aliphatic carboxylic acids is 1. The summed E-state index contributed by atoms with van der Waals surface area (Å²) in [6, 6.07) is 2.63. The van der Waals surface area contributed by atoms with Gasteiger partial charge < -0.3 is 5.11 Å². The van der Waals surface area contributed by atoms with E-state index in [-0.39, 0.29) is 4.90 Å². The minimum atomic E-state index is -3.94. The molecule has 0 aromatic heterocycles. The minimum Gasteiger partial charge on any atom is -0.481 e. The summed E-state index contributed by atoms with van der Waals surface area (Å²) in [7, 11) is -3.94. The number of sulfonamides is 1. The van der Waals surface area contributed by atoms with E-state index in [1.54, 1.807) is 6.92 Å². The largest absolute Gasteiger partial charge is 0.481 e. The van der Waals surface area contributed by atoms with Gasteiger partial charge in [0.15, 0.2) is 0 Å². The highest BCUT2D eigenvalue weighted by Crippen LogP contribution is 2.17. The second-order valence-electron chi connectivity index (χ2n) is 4.45. The van der Waals surface area contributed by atoms with Crippen LogP contribution >= 0.6 is 0 Å². The van der Waals surface area contributed by atoms with E-state index in [4.69, 9.17) is 5.11 Å². The van der Waals surface area contributed by atoms with Gasteiger partial charge in [-0.25, -0.2) is 17.5 Å². The molecule has 0 bridgehead atoms. The van der Waals surface area contributed by atoms with Gasteiger partial charge in [-0.15, -0.1) is 0 Å². The van der Waals surface area contributed by atoms with Crippen LogP contribution in [0.5, 0.6) is 0 Å². The Kier molecular flexibility index (Phi) is 4.65. The SMILES string of the molecule is Cc1ccc(F)cc1S(=O)(=O)NC(C)C(C)C(=O)O. The summed E-state index contributed by atoms with van der Waals surface area (Å²) >= 11 is 0. The zero-order valence-electron chi connectivity index (χ0n) is 10.8. The van der Waals surface area contributed by atoms with Gasteiger partial charge in [0.05, 0.1) is 10.8 Å². The van der Waals surface area contributed by atoms with Crippen molar-refractivity contribution in [3.63, 3.8) is 0 Å². The van der Waals surface area contributed by atoms with Crippen molar-refractivity contribution in [2.45, 2.75) is 31.7 Å². The number of carboxylic acid groups (broad SMARTS) is 1. The molecule has 0 radical (unpaired) electrons. The van der Waals surface area contributed by atoms with Crippen LogP contribution in [-0.4, -0.2) is 25.5 Å². The highest BCUT2D eigenvalue weighted by molar-refractivity contribution is 7.89. The van der Waals surface area contributed by atoms with Crippen LogP contribution in [0.25, 0.3) is 0 Å². The monoisotopic (exact) mass is 289 g/mol. The molecular weight excluding hydrogens is 273 g/mol. The maximum absolute atomic E-state index is 13.1. The number of carbonyl (C=O) groups is 1. The normalized spacial score (nSPS) is 14.9. The topological polar surface area (TPSA) is 83.5 Å². The number of rotatable bonds is 5. The zero-order chi connectivity index (χ0) is 14.8. The molecule has 5 nitrogen and oxygen atoms in total. The van der Waals surface area contributed by atoms with E-state index in [1.165, 1.54) is 19.9 Å². The van der Waals surface area contributed by atoms with Crippen molar-refractivity contribution in [3.05, 3.63) is 29.6 Å². The van der Waals surface area contributed by atoms with E-state index in [2.05, 4.69) is 4.72 Å². The third-order valence-corrected chi connectivity index (χ3v) is 4.62. The second kappa shape index (κ2) is 5.66. The van der Waals surface area contributed by atoms with E-state index >= 15 is 0 Å². The fourth-order valence-corrected chi connectivity index (χ4v) is 3.07. The molecule has 0 amide bonds. The molecule has 19 heavy (non-hydrogen) atoms. The maximum Gasteiger partial charge on any atom is 0.307 e. The van der Waals surface area contributed by atoms with Gasteiger partial charge in [0.2, 0.25) is 10.0 Å². The van der Waals surface area contributed by atoms with Crippen LogP contribution in [-0.2, 0) is 14.8 Å². The molecule has 0 aliphatic carbocycles. The van der Waals surface area contributed by atoms with Gasteiger partial charge in [0, 0.05) is 6.04 Å². The Morgan fingerprint density at radius 1 is 1.37 bits per heavy atom. The minimum absolute atomic E-state index is 0.183. The molecule has 0 saturated carbocycles. The first kappa shape index (κ1) is 15.6. The first-order chi connectivity index (χ1) is 8.65. The van der Waals surface area contributed by atoms with Crippen LogP contribution < -0.4 is 4.72 Å². The van der Waals surface area contributed by atoms with Crippen LogP contribution in [0, 0.1) is 18.7 Å². The average molecular weight is 289 g/mol. The van der Waals surface area contributed by atoms with Gasteiger partial charge in [0.25, 0.3) is 0 Å². The van der Waals surface area contributed by atoms with Crippen LogP contribution in [0.4, 0.5) is 4.39 Å². The van der Waals surface area contributed by atoms with Crippen molar-refractivity contribution in [2.24, 2.45) is 5.92 Å². The lowest BCUT2D eigenvalue weighted by Gasteiger charge is -2.18. The van der Waals surface area contributed by atoms with Gasteiger partial charge in [-0.3, -0.25) is 4.79 Å². The third-order valence-electron chi connectivity index (χ3n) is 2.92. The molecule has 1 rings (SSSR count). The van der Waals surface area contributed by atoms with Gasteiger partial charge in [-0.05, 0) is 31.5 Å². The molecule has 0 heterocycles. The van der Waals surface area contributed by atoms with Gasteiger partial charge in [-0.1, -0.05) is 13.0 Å². The molecule has 1 aromatic rings. The Morgan fingerprint density at radius 2 is 1.95 bits per heavy atom. The molecule has 2 atom stereocenters. The quantitative estimate of drug-likeness (QED) is 0.861. The van der Waals surface area contributed by atoms with Crippen molar-refractivity contribution in [1.29, 1.82) is 0 Å². The first-order valence-electron chi connectivity index (χ1n) is 5.66. The van der Waals surface area contributed by atoms with Crippen molar-refractivity contribution >= 4 is 16.0 Å². The lowest BCUT2D eigenvalue weighted by atomic mass is 10.1. The summed E-state index contributed by atoms with van der Waals surface area (Å²) in [5.41, 5.74) is 0.393. The summed E-state index contributed by atoms with van der Waals surface area (Å²) in [6.45, 7) is 4.39. The number of benzene rings is 1. The van der Waals surface area contributed by atoms with Crippen LogP contribution in [0.1, 0.15) is 19.4 Å². The highest BCUT2D eigenvalue weighted by atomic mass is 32.2. The molecule has 106 valence electrons. The average Bonchev–Trinajstić information content (AvgIpc) is 2.30. The molecule has 0 fully saturated rings. The molecular formula is C12H16FNO4S. The lowest BCUT2D eigenvalue weighted by Crippen LogP contribution is -2.40. The summed E-state index contributed by atoms with van der Waals surface area (Å²) in [5.74, 6) is -2.65. The van der Waals surface area contributed by atoms with Gasteiger partial charge in [0.1, 0.15) is 5.82 Å². The molecule has 1 aromatic carbocycles. The summed E-state index contributed by atoms with van der Waals surface area (Å²) in [5, 5.41) is 8.82. The molecule has 2 unspecified atom stereocenters. The third kappa shape index (κ3) is 3.74. The summed E-state index contributed by atoms with van der Waals surface area (Å²) in [6.07, 6.45) is 0. The van der Waals surface area contributed by atoms with Crippen LogP contribution in [0.2, 0.25) is 0 Å². The Labute approximate surface area is 111 Å². The zero-order valence-corrected chi connectivity index (χ0v) is 11.7. The van der Waals surface area contributed by atoms with E-state index in [0.717, 1.165) is 12.1 Å². The lowest BCUT2D eigenvalue weighted by molar-refractivity contribution is -0.141. The van der Waals surface area contributed by atoms with Crippen molar-refractivity contribution in [3.8, 4) is 0 Å². The second-order valence-corrected chi connectivity index (χ2v) is 6.13. The Bertz CT molecular complexity index is 585. The molecule has 0 spiro atoms. The number of halogens is 1. The summed E-state index contributed by atoms with van der Waals surface area (Å²) in [4.78, 5) is 10.6. The Balaban J connectivity index is 3.05. The number of aryl methyl sites for hydroxylation is 1. The Hall–Kier alpha value is -1.47. The smallest absolute Gasteiger partial charge is 0.307 e. The summed E-state index contributed by atoms with van der Waals surface area (Å²) < 4.78 is 39.5. The number of nitrogens with one attached hydrogen (secondary N) is 1. The van der Waals surface area contributed by atoms with Crippen molar-refractivity contribution < 1.29 is 22.7 Å². The van der Waals surface area contributed by atoms with E-state index in [9.17, 15) is 17.6 Å². The number of hydrogen-bond donors (Lipinski definition) is 2. The predicted octanol–water partition coefficient (Wildman–Crippen LogP) is 1.52. The first-order valence-corrected chi connectivity index (χ1v) is 7.14. The number of hydrogen-bond acceptors (Lipinski definition) is 3. The molecule has 7 heteroatoms. The fraction of sp³-hybridized carbons (Fsp3) is 0.417. The van der Waals surface area contributed by atoms with Crippen LogP contribution in [0.3, 0.4) is 0 Å². The molecule has 0 aliphatic heterocycles. The molecule has 0 aliphatic rings. The highest BCUT2D eigenvalue weighted by Gasteiger charge is 2.26. The maximum atomic E-state index is 13.1. The van der Waals surface area contributed by atoms with E-state index in [1.807, 2.05) is 0 Å². The predicted molar refractivity (Wildman–Crippen MR) is 67.7 cm³/mol. The number of carboxylic acids is 1. The van der Waals surface area contributed by atoms with Gasteiger partial charge in [-0.2, -0.15) is 0 Å². The Morgan fingerprint density at radius 3 is 2.47 bits per heavy atom. The molecule has 2 N–H and O–H groups in total. The van der Waals surface area contributed by atoms with E-state index in [0.29, 0.717) is 5.56 Å².